The van der Waals surface area contributed by atoms with Crippen LogP contribution in [-0.2, 0) is 0 Å². The molecule has 1 rings (SSSR count). The molecule has 0 amide bonds. The molecule has 1 fully saturated rings. The quantitative estimate of drug-likeness (QED) is 0.242. The topological polar surface area (TPSA) is 12.4 Å². The van der Waals surface area contributed by atoms with Crippen LogP contribution in [0.2, 0.25) is 0 Å². The summed E-state index contributed by atoms with van der Waals surface area (Å²) in [6.07, 6.45) is 15.5. The predicted octanol–water partition coefficient (Wildman–Crippen LogP) is 7.61. The van der Waals surface area contributed by atoms with Crippen molar-refractivity contribution in [1.82, 2.24) is 0 Å². The van der Waals surface area contributed by atoms with E-state index in [-0.39, 0.29) is 0 Å². The van der Waals surface area contributed by atoms with Crippen LogP contribution in [0, 0.1) is 17.8 Å². The van der Waals surface area contributed by atoms with Crippen molar-refractivity contribution in [1.29, 1.82) is 0 Å². The van der Waals surface area contributed by atoms with E-state index in [0.29, 0.717) is 5.92 Å². The molecule has 0 aromatic heterocycles. The molecule has 0 heterocycles. The largest absolute Gasteiger partial charge is 0.262 e. The van der Waals surface area contributed by atoms with Crippen LogP contribution in [0.3, 0.4) is 0 Å². The molecule has 0 spiro atoms. The van der Waals surface area contributed by atoms with Gasteiger partial charge < -0.3 is 0 Å². The average molecular weight is 352 g/mol. The van der Waals surface area contributed by atoms with E-state index in [1.54, 1.807) is 0 Å². The Morgan fingerprint density at radius 2 is 1.62 bits per heavy atom. The molecule has 1 nitrogen and oxygen atoms in total. The standard InChI is InChI=1S/C25H37N/c1-9-22(23(10-2)17-26-19(5)6)16-13-21(8)25(18(3)4)24-14-11-20(7)12-15-24/h9-10,13,16-17,20,24-25H,1,3,5,11-12,14-15H2,2,4,6-8H3/b21-13+,22-16+,23-10+,26-17-/t20-,24-,25?. The highest BCUT2D eigenvalue weighted by atomic mass is 14.7. The summed E-state index contributed by atoms with van der Waals surface area (Å²) in [4.78, 5) is 4.32. The summed E-state index contributed by atoms with van der Waals surface area (Å²) >= 11 is 0. The molecule has 1 atom stereocenters. The second-order valence-electron chi connectivity index (χ2n) is 7.82. The van der Waals surface area contributed by atoms with Crippen LogP contribution in [-0.4, -0.2) is 6.21 Å². The lowest BCUT2D eigenvalue weighted by atomic mass is 9.71. The summed E-state index contributed by atoms with van der Waals surface area (Å²) in [5.74, 6) is 2.08. The summed E-state index contributed by atoms with van der Waals surface area (Å²) in [5.41, 5.74) is 5.61. The molecule has 1 saturated carbocycles. The molecule has 0 aromatic rings. The fourth-order valence-electron chi connectivity index (χ4n) is 3.88. The van der Waals surface area contributed by atoms with E-state index in [0.717, 1.165) is 28.7 Å². The summed E-state index contributed by atoms with van der Waals surface area (Å²) in [5, 5.41) is 0. The first-order chi connectivity index (χ1) is 12.3. The van der Waals surface area contributed by atoms with Crippen LogP contribution in [0.5, 0.6) is 0 Å². The van der Waals surface area contributed by atoms with Crippen LogP contribution in [0.25, 0.3) is 0 Å². The van der Waals surface area contributed by atoms with Crippen LogP contribution < -0.4 is 0 Å². The predicted molar refractivity (Wildman–Crippen MR) is 119 cm³/mol. The van der Waals surface area contributed by atoms with E-state index < -0.39 is 0 Å². The monoisotopic (exact) mass is 351 g/mol. The average Bonchev–Trinajstić information content (AvgIpc) is 2.59. The third-order valence-corrected chi connectivity index (χ3v) is 5.37. The lowest BCUT2D eigenvalue weighted by Gasteiger charge is -2.34. The maximum absolute atomic E-state index is 4.32. The molecular weight excluding hydrogens is 314 g/mol. The lowest BCUT2D eigenvalue weighted by molar-refractivity contribution is 0.251. The number of nitrogens with zero attached hydrogens (tertiary/aromatic N) is 1. The first-order valence-corrected chi connectivity index (χ1v) is 9.82. The highest BCUT2D eigenvalue weighted by Gasteiger charge is 2.27. The van der Waals surface area contributed by atoms with Crippen molar-refractivity contribution in [2.75, 3.05) is 0 Å². The molecule has 0 saturated heterocycles. The number of hydrogen-bond donors (Lipinski definition) is 0. The van der Waals surface area contributed by atoms with Crippen molar-refractivity contribution in [2.24, 2.45) is 22.7 Å². The molecule has 26 heavy (non-hydrogen) atoms. The van der Waals surface area contributed by atoms with Gasteiger partial charge in [0.15, 0.2) is 0 Å². The van der Waals surface area contributed by atoms with Gasteiger partial charge in [0.2, 0.25) is 0 Å². The molecule has 1 unspecified atom stereocenters. The minimum Gasteiger partial charge on any atom is -0.262 e. The Kier molecular flexibility index (Phi) is 9.34. The second-order valence-corrected chi connectivity index (χ2v) is 7.82. The summed E-state index contributed by atoms with van der Waals surface area (Å²) in [7, 11) is 0. The van der Waals surface area contributed by atoms with E-state index in [1.165, 1.54) is 36.8 Å². The Morgan fingerprint density at radius 3 is 2.08 bits per heavy atom. The molecule has 1 heteroatoms. The SMILES string of the molecule is C=CC(=C\C=C(/C)C(C(=C)C)[C@H]1CC[C@H](C)CC1)/C(/C=N\C(=C)C)=C/C. The minimum absolute atomic E-state index is 0.475. The van der Waals surface area contributed by atoms with E-state index in [9.17, 15) is 0 Å². The van der Waals surface area contributed by atoms with Gasteiger partial charge in [0.05, 0.1) is 0 Å². The van der Waals surface area contributed by atoms with Crippen molar-refractivity contribution in [2.45, 2.75) is 60.3 Å². The molecule has 0 aliphatic heterocycles. The fourth-order valence-corrected chi connectivity index (χ4v) is 3.88. The number of aliphatic imine (C=N–C) groups is 1. The smallest absolute Gasteiger partial charge is 0.0345 e. The summed E-state index contributed by atoms with van der Waals surface area (Å²) < 4.78 is 0. The zero-order valence-electron chi connectivity index (χ0n) is 17.5. The van der Waals surface area contributed by atoms with Gasteiger partial charge in [0.1, 0.15) is 0 Å². The van der Waals surface area contributed by atoms with Crippen LogP contribution in [0.1, 0.15) is 60.3 Å². The zero-order chi connectivity index (χ0) is 19.7. The molecule has 0 N–H and O–H groups in total. The third-order valence-electron chi connectivity index (χ3n) is 5.37. The van der Waals surface area contributed by atoms with Gasteiger partial charge in [0.25, 0.3) is 0 Å². The maximum Gasteiger partial charge on any atom is 0.0345 e. The highest BCUT2D eigenvalue weighted by Crippen LogP contribution is 2.39. The molecule has 1 aliphatic carbocycles. The number of hydrogen-bond acceptors (Lipinski definition) is 1. The molecule has 142 valence electrons. The fraction of sp³-hybridized carbons (Fsp3) is 0.480. The molecule has 1 aliphatic rings. The van der Waals surface area contributed by atoms with Gasteiger partial charge >= 0.3 is 0 Å². The highest BCUT2D eigenvalue weighted by molar-refractivity contribution is 5.86. The molecular formula is C25H37N. The van der Waals surface area contributed by atoms with Crippen LogP contribution >= 0.6 is 0 Å². The Hall–Kier alpha value is -1.89. The van der Waals surface area contributed by atoms with Crippen LogP contribution in [0.15, 0.2) is 77.0 Å². The van der Waals surface area contributed by atoms with E-state index in [2.05, 4.69) is 63.7 Å². The number of rotatable bonds is 8. The second kappa shape index (κ2) is 11.0. The zero-order valence-corrected chi connectivity index (χ0v) is 17.5. The van der Waals surface area contributed by atoms with E-state index in [4.69, 9.17) is 0 Å². The molecule has 0 radical (unpaired) electrons. The van der Waals surface area contributed by atoms with Gasteiger partial charge in [-0.25, -0.2) is 0 Å². The lowest BCUT2D eigenvalue weighted by Crippen LogP contribution is -2.22. The Balaban J connectivity index is 3.05. The van der Waals surface area contributed by atoms with Gasteiger partial charge in [-0.05, 0) is 63.5 Å². The van der Waals surface area contributed by atoms with Crippen molar-refractivity contribution < 1.29 is 0 Å². The minimum atomic E-state index is 0.475. The summed E-state index contributed by atoms with van der Waals surface area (Å²) in [6.45, 7) is 22.8. The van der Waals surface area contributed by atoms with Gasteiger partial charge in [-0.1, -0.05) is 75.0 Å². The Labute approximate surface area is 161 Å². The first kappa shape index (κ1) is 22.2. The van der Waals surface area contributed by atoms with Gasteiger partial charge in [-0.3, -0.25) is 4.99 Å². The van der Waals surface area contributed by atoms with Crippen LogP contribution in [0.4, 0.5) is 0 Å². The van der Waals surface area contributed by atoms with Crippen molar-refractivity contribution in [3.8, 4) is 0 Å². The van der Waals surface area contributed by atoms with E-state index in [1.807, 2.05) is 26.1 Å². The summed E-state index contributed by atoms with van der Waals surface area (Å²) in [6, 6.07) is 0. The Bertz CT molecular complexity index is 631. The first-order valence-electron chi connectivity index (χ1n) is 9.82. The van der Waals surface area contributed by atoms with Gasteiger partial charge in [-0.15, -0.1) is 0 Å². The van der Waals surface area contributed by atoms with Gasteiger partial charge in [-0.2, -0.15) is 0 Å². The van der Waals surface area contributed by atoms with Gasteiger partial charge in [0, 0.05) is 17.8 Å². The maximum atomic E-state index is 4.32. The molecule has 0 bridgehead atoms. The third kappa shape index (κ3) is 6.78. The normalized spacial score (nSPS) is 23.8. The Morgan fingerprint density at radius 1 is 1.00 bits per heavy atom. The number of allylic oxidation sites excluding steroid dienone is 9. The van der Waals surface area contributed by atoms with Crippen molar-refractivity contribution in [3.63, 3.8) is 0 Å². The van der Waals surface area contributed by atoms with Crippen molar-refractivity contribution in [3.05, 3.63) is 72.0 Å². The van der Waals surface area contributed by atoms with Crippen molar-refractivity contribution >= 4 is 6.21 Å². The van der Waals surface area contributed by atoms with E-state index >= 15 is 0 Å². The molecule has 0 aromatic carbocycles.